The molecule has 0 amide bonds. The monoisotopic (exact) mass is 399 g/mol. The van der Waals surface area contributed by atoms with Crippen LogP contribution in [0.2, 0.25) is 0 Å². The molecule has 0 aliphatic carbocycles. The average molecular weight is 400 g/mol. The minimum Gasteiger partial charge on any atom is -0.469 e. The Morgan fingerprint density at radius 1 is 1.21 bits per heavy atom. The first kappa shape index (κ1) is 20.3. The molecule has 0 unspecified atom stereocenters. The normalized spacial score (nSPS) is 22.7. The molecular formula is C22H25NO4S. The molecule has 1 heterocycles. The fourth-order valence-corrected chi connectivity index (χ4v) is 5.41. The Kier molecular flexibility index (Phi) is 5.72. The van der Waals surface area contributed by atoms with Gasteiger partial charge in [0.2, 0.25) is 10.0 Å². The van der Waals surface area contributed by atoms with Crippen molar-refractivity contribution >= 4 is 16.0 Å². The van der Waals surface area contributed by atoms with E-state index >= 15 is 0 Å². The Hall–Kier alpha value is -2.44. The van der Waals surface area contributed by atoms with Gasteiger partial charge in [0, 0.05) is 19.0 Å². The Bertz CT molecular complexity index is 954. The summed E-state index contributed by atoms with van der Waals surface area (Å²) < 4.78 is 32.9. The average Bonchev–Trinajstić information content (AvgIpc) is 3.08. The van der Waals surface area contributed by atoms with Gasteiger partial charge in [-0.05, 0) is 31.0 Å². The molecule has 148 valence electrons. The van der Waals surface area contributed by atoms with Gasteiger partial charge in [-0.3, -0.25) is 4.79 Å². The molecule has 0 N–H and O–H groups in total. The molecule has 3 rings (SSSR count). The number of carbonyl (C=O) groups excluding carboxylic acids is 1. The zero-order chi connectivity index (χ0) is 20.4. The van der Waals surface area contributed by atoms with E-state index in [1.807, 2.05) is 37.3 Å². The van der Waals surface area contributed by atoms with Gasteiger partial charge in [-0.15, -0.1) is 6.58 Å². The van der Waals surface area contributed by atoms with E-state index in [4.69, 9.17) is 4.74 Å². The smallest absolute Gasteiger partial charge is 0.314 e. The van der Waals surface area contributed by atoms with Crippen LogP contribution < -0.4 is 0 Å². The SMILES string of the molecule is C=C[C@@H]1CN(S(=O)(=O)c2ccc(C)cc2)C[C@]1(Cc1ccccc1)C(=O)OC. The molecular weight excluding hydrogens is 374 g/mol. The highest BCUT2D eigenvalue weighted by Crippen LogP contribution is 2.43. The number of methoxy groups -OCH3 is 1. The molecule has 2 aromatic carbocycles. The number of hydrogen-bond acceptors (Lipinski definition) is 4. The number of ether oxygens (including phenoxy) is 1. The summed E-state index contributed by atoms with van der Waals surface area (Å²) in [6.45, 7) is 6.03. The number of hydrogen-bond donors (Lipinski definition) is 0. The van der Waals surface area contributed by atoms with Gasteiger partial charge >= 0.3 is 5.97 Å². The summed E-state index contributed by atoms with van der Waals surface area (Å²) in [6, 6.07) is 16.3. The Labute approximate surface area is 166 Å². The lowest BCUT2D eigenvalue weighted by atomic mass is 9.73. The highest BCUT2D eigenvalue weighted by atomic mass is 32.2. The van der Waals surface area contributed by atoms with Gasteiger partial charge in [-0.1, -0.05) is 54.1 Å². The number of carbonyl (C=O) groups is 1. The summed E-state index contributed by atoms with van der Waals surface area (Å²) in [6.07, 6.45) is 2.06. The molecule has 2 aromatic rings. The second-order valence-electron chi connectivity index (χ2n) is 7.26. The minimum atomic E-state index is -3.73. The summed E-state index contributed by atoms with van der Waals surface area (Å²) in [7, 11) is -2.39. The first-order valence-electron chi connectivity index (χ1n) is 9.15. The lowest BCUT2D eigenvalue weighted by Crippen LogP contribution is -2.42. The van der Waals surface area contributed by atoms with Crippen molar-refractivity contribution in [3.05, 3.63) is 78.4 Å². The molecule has 1 aliphatic heterocycles. The van der Waals surface area contributed by atoms with E-state index in [9.17, 15) is 13.2 Å². The zero-order valence-corrected chi connectivity index (χ0v) is 17.0. The zero-order valence-electron chi connectivity index (χ0n) is 16.2. The topological polar surface area (TPSA) is 63.7 Å². The summed E-state index contributed by atoms with van der Waals surface area (Å²) in [5, 5.41) is 0. The van der Waals surface area contributed by atoms with Gasteiger partial charge in [-0.2, -0.15) is 4.31 Å². The number of nitrogens with zero attached hydrogens (tertiary/aromatic N) is 1. The summed E-state index contributed by atoms with van der Waals surface area (Å²) >= 11 is 0. The van der Waals surface area contributed by atoms with Crippen molar-refractivity contribution in [3.8, 4) is 0 Å². The van der Waals surface area contributed by atoms with Crippen LogP contribution >= 0.6 is 0 Å². The third-order valence-corrected chi connectivity index (χ3v) is 7.29. The summed E-state index contributed by atoms with van der Waals surface area (Å²) in [5.74, 6) is -0.761. The number of esters is 1. The van der Waals surface area contributed by atoms with E-state index in [1.54, 1.807) is 30.3 Å². The molecule has 1 fully saturated rings. The predicted octanol–water partition coefficient (Wildman–Crippen LogP) is 3.20. The highest BCUT2D eigenvalue weighted by Gasteiger charge is 2.54. The number of sulfonamides is 1. The van der Waals surface area contributed by atoms with Crippen molar-refractivity contribution in [2.75, 3.05) is 20.2 Å². The largest absolute Gasteiger partial charge is 0.469 e. The van der Waals surface area contributed by atoms with Crippen molar-refractivity contribution < 1.29 is 17.9 Å². The van der Waals surface area contributed by atoms with Crippen LogP contribution in [-0.2, 0) is 26.0 Å². The number of aryl methyl sites for hydroxylation is 1. The highest BCUT2D eigenvalue weighted by molar-refractivity contribution is 7.89. The maximum absolute atomic E-state index is 13.2. The van der Waals surface area contributed by atoms with Crippen LogP contribution in [0.4, 0.5) is 0 Å². The van der Waals surface area contributed by atoms with Crippen molar-refractivity contribution in [1.29, 1.82) is 0 Å². The molecule has 0 spiro atoms. The molecule has 2 atom stereocenters. The molecule has 1 saturated heterocycles. The first-order valence-corrected chi connectivity index (χ1v) is 10.6. The van der Waals surface area contributed by atoms with Crippen LogP contribution in [0.25, 0.3) is 0 Å². The standard InChI is InChI=1S/C22H25NO4S/c1-4-19-15-23(28(25,26)20-12-10-17(2)11-13-20)16-22(19,21(24)27-3)14-18-8-6-5-7-9-18/h4-13,19H,1,14-16H2,2-3H3/t19-,22+/m1/s1. The lowest BCUT2D eigenvalue weighted by Gasteiger charge is -2.30. The van der Waals surface area contributed by atoms with Crippen molar-refractivity contribution in [2.45, 2.75) is 18.2 Å². The second kappa shape index (κ2) is 7.89. The van der Waals surface area contributed by atoms with E-state index < -0.39 is 21.4 Å². The number of rotatable bonds is 6. The minimum absolute atomic E-state index is 0.0570. The fraction of sp³-hybridized carbons (Fsp3) is 0.318. The van der Waals surface area contributed by atoms with Crippen LogP contribution in [-0.4, -0.2) is 38.9 Å². The summed E-state index contributed by atoms with van der Waals surface area (Å²) in [5.41, 5.74) is 0.932. The van der Waals surface area contributed by atoms with E-state index in [2.05, 4.69) is 6.58 Å². The maximum Gasteiger partial charge on any atom is 0.314 e. The van der Waals surface area contributed by atoms with Gasteiger partial charge in [0.15, 0.2) is 0 Å². The van der Waals surface area contributed by atoms with Gasteiger partial charge < -0.3 is 4.74 Å². The maximum atomic E-state index is 13.2. The van der Waals surface area contributed by atoms with E-state index in [0.29, 0.717) is 6.42 Å². The third kappa shape index (κ3) is 3.62. The van der Waals surface area contributed by atoms with Crippen LogP contribution in [0.5, 0.6) is 0 Å². The van der Waals surface area contributed by atoms with Crippen LogP contribution in [0.3, 0.4) is 0 Å². The van der Waals surface area contributed by atoms with Crippen molar-refractivity contribution in [2.24, 2.45) is 11.3 Å². The summed E-state index contributed by atoms with van der Waals surface area (Å²) in [4.78, 5) is 13.1. The Balaban J connectivity index is 2.00. The van der Waals surface area contributed by atoms with E-state index in [1.165, 1.54) is 11.4 Å². The molecule has 28 heavy (non-hydrogen) atoms. The molecule has 1 aliphatic rings. The van der Waals surface area contributed by atoms with Gasteiger partial charge in [0.1, 0.15) is 0 Å². The first-order chi connectivity index (χ1) is 13.3. The Morgan fingerprint density at radius 3 is 2.43 bits per heavy atom. The molecule has 0 bridgehead atoms. The third-order valence-electron chi connectivity index (χ3n) is 5.47. The second-order valence-corrected chi connectivity index (χ2v) is 9.20. The predicted molar refractivity (Wildman–Crippen MR) is 108 cm³/mol. The Morgan fingerprint density at radius 2 is 1.86 bits per heavy atom. The van der Waals surface area contributed by atoms with Gasteiger partial charge in [-0.25, -0.2) is 8.42 Å². The van der Waals surface area contributed by atoms with E-state index in [0.717, 1.165) is 11.1 Å². The van der Waals surface area contributed by atoms with Gasteiger partial charge in [0.05, 0.1) is 17.4 Å². The van der Waals surface area contributed by atoms with E-state index in [-0.39, 0.29) is 23.9 Å². The molecule has 0 aromatic heterocycles. The molecule has 0 radical (unpaired) electrons. The van der Waals surface area contributed by atoms with Crippen molar-refractivity contribution in [1.82, 2.24) is 4.31 Å². The van der Waals surface area contributed by atoms with Gasteiger partial charge in [0.25, 0.3) is 0 Å². The molecule has 0 saturated carbocycles. The lowest BCUT2D eigenvalue weighted by molar-refractivity contribution is -0.153. The molecule has 6 heteroatoms. The quantitative estimate of drug-likeness (QED) is 0.553. The number of benzene rings is 2. The van der Waals surface area contributed by atoms with Crippen LogP contribution in [0.1, 0.15) is 11.1 Å². The van der Waals surface area contributed by atoms with Crippen LogP contribution in [0, 0.1) is 18.3 Å². The van der Waals surface area contributed by atoms with Crippen molar-refractivity contribution in [3.63, 3.8) is 0 Å². The fourth-order valence-electron chi connectivity index (χ4n) is 3.87. The molecule has 5 nitrogen and oxygen atoms in total. The van der Waals surface area contributed by atoms with Crippen LogP contribution in [0.15, 0.2) is 72.1 Å².